The first-order valence-corrected chi connectivity index (χ1v) is 8.29. The van der Waals surface area contributed by atoms with E-state index in [-0.39, 0.29) is 11.0 Å². The Balaban J connectivity index is 2.61. The molecule has 0 heterocycles. The monoisotopic (exact) mass is 418 g/mol. The minimum atomic E-state index is -4.74. The molecule has 0 aliphatic heterocycles. The summed E-state index contributed by atoms with van der Waals surface area (Å²) in [7, 11) is -1.96. The summed E-state index contributed by atoms with van der Waals surface area (Å²) >= 11 is 3.07. The molecule has 9 heteroatoms. The Morgan fingerprint density at radius 1 is 1.24 bits per heavy atom. The normalized spacial score (nSPS) is 23.7. The van der Waals surface area contributed by atoms with Gasteiger partial charge in [-0.15, -0.1) is 0 Å². The number of alkyl halides is 4. The van der Waals surface area contributed by atoms with Gasteiger partial charge in [0.05, 0.1) is 4.83 Å². The molecule has 0 spiro atoms. The largest absolute Gasteiger partial charge is 0.488 e. The van der Waals surface area contributed by atoms with Gasteiger partial charge in [0.15, 0.2) is 0 Å². The van der Waals surface area contributed by atoms with Gasteiger partial charge in [0.25, 0.3) is 0 Å². The molecule has 0 amide bonds. The van der Waals surface area contributed by atoms with Crippen molar-refractivity contribution >= 4 is 34.6 Å². The van der Waals surface area contributed by atoms with E-state index >= 15 is 0 Å². The lowest BCUT2D eigenvalue weighted by molar-refractivity contribution is -0.205. The Labute approximate surface area is 150 Å². The van der Waals surface area contributed by atoms with Crippen LogP contribution in [0.5, 0.6) is 0 Å². The fourth-order valence-electron chi connectivity index (χ4n) is 2.88. The summed E-state index contributed by atoms with van der Waals surface area (Å²) in [5.74, 6) is -1.34. The van der Waals surface area contributed by atoms with E-state index < -0.39 is 42.3 Å². The summed E-state index contributed by atoms with van der Waals surface area (Å²) in [5, 5.41) is 28.0. The maximum Gasteiger partial charge on any atom is 0.488 e. The van der Waals surface area contributed by atoms with Crippen molar-refractivity contribution in [3.05, 3.63) is 53.5 Å². The molecular formula is C16H15BBrF3O4. The predicted molar refractivity (Wildman–Crippen MR) is 90.8 cm³/mol. The third-order valence-corrected chi connectivity index (χ3v) is 5.50. The van der Waals surface area contributed by atoms with Crippen molar-refractivity contribution < 1.29 is 33.1 Å². The fraction of sp³-hybridized carbons (Fsp3) is 0.312. The van der Waals surface area contributed by atoms with Crippen LogP contribution in [-0.4, -0.2) is 39.2 Å². The second kappa shape index (κ2) is 7.35. The molecular weight excluding hydrogens is 404 g/mol. The Bertz CT molecular complexity index is 703. The van der Waals surface area contributed by atoms with Crippen LogP contribution in [0.2, 0.25) is 0 Å². The van der Waals surface area contributed by atoms with Crippen LogP contribution in [0.3, 0.4) is 0 Å². The van der Waals surface area contributed by atoms with E-state index in [0.29, 0.717) is 5.56 Å². The van der Waals surface area contributed by atoms with Gasteiger partial charge in [-0.1, -0.05) is 58.4 Å². The van der Waals surface area contributed by atoms with Gasteiger partial charge in [0.2, 0.25) is 0 Å². The SMILES string of the molecule is O=C(O)CCC1(C(F)(F)F)C=CC(B(O)O)=C(c2ccccc2)C1Br. The van der Waals surface area contributed by atoms with Crippen molar-refractivity contribution in [2.24, 2.45) is 5.41 Å². The highest BCUT2D eigenvalue weighted by Gasteiger charge is 2.59. The summed E-state index contributed by atoms with van der Waals surface area (Å²) in [6.07, 6.45) is -4.26. The maximum atomic E-state index is 13.9. The molecule has 1 aromatic carbocycles. The van der Waals surface area contributed by atoms with Crippen molar-refractivity contribution in [2.45, 2.75) is 23.8 Å². The highest BCUT2D eigenvalue weighted by atomic mass is 79.9. The van der Waals surface area contributed by atoms with Crippen molar-refractivity contribution in [1.82, 2.24) is 0 Å². The van der Waals surface area contributed by atoms with E-state index in [4.69, 9.17) is 5.11 Å². The van der Waals surface area contributed by atoms with Crippen molar-refractivity contribution in [3.63, 3.8) is 0 Å². The molecule has 2 rings (SSSR count). The van der Waals surface area contributed by atoms with Crippen LogP contribution in [0.15, 0.2) is 48.0 Å². The first-order valence-electron chi connectivity index (χ1n) is 7.37. The molecule has 4 nitrogen and oxygen atoms in total. The summed E-state index contributed by atoms with van der Waals surface area (Å²) < 4.78 is 41.7. The van der Waals surface area contributed by atoms with Gasteiger partial charge in [-0.2, -0.15) is 13.2 Å². The Kier molecular flexibility index (Phi) is 5.80. The average Bonchev–Trinajstić information content (AvgIpc) is 2.52. The smallest absolute Gasteiger partial charge is 0.481 e. The molecule has 0 fully saturated rings. The molecule has 2 unspecified atom stereocenters. The number of carbonyl (C=O) groups is 1. The Morgan fingerprint density at radius 3 is 2.32 bits per heavy atom. The molecule has 2 atom stereocenters. The summed E-state index contributed by atoms with van der Waals surface area (Å²) in [6, 6.07) is 8.04. The van der Waals surface area contributed by atoms with E-state index in [1.165, 1.54) is 0 Å². The zero-order valence-electron chi connectivity index (χ0n) is 12.9. The summed E-state index contributed by atoms with van der Waals surface area (Å²) in [4.78, 5) is 9.47. The quantitative estimate of drug-likeness (QED) is 0.507. The molecule has 0 bridgehead atoms. The molecule has 0 aromatic heterocycles. The van der Waals surface area contributed by atoms with Gasteiger partial charge in [0.1, 0.15) is 5.41 Å². The maximum absolute atomic E-state index is 13.9. The number of carboxylic acids is 1. The molecule has 0 saturated heterocycles. The second-order valence-electron chi connectivity index (χ2n) is 5.74. The number of carboxylic acid groups (broad SMARTS) is 1. The lowest BCUT2D eigenvalue weighted by Gasteiger charge is -2.41. The molecule has 1 aliphatic carbocycles. The van der Waals surface area contributed by atoms with E-state index in [0.717, 1.165) is 12.2 Å². The first kappa shape index (κ1) is 19.7. The lowest BCUT2D eigenvalue weighted by atomic mass is 9.64. The van der Waals surface area contributed by atoms with Gasteiger partial charge in [-0.3, -0.25) is 4.79 Å². The standard InChI is InChI=1S/C16H15BBrF3O4/c18-14-13(10-4-2-1-3-5-10)11(17(24)25)6-8-15(14,16(19,20)21)9-7-12(22)23/h1-6,8,14,24-25H,7,9H2,(H,22,23). The molecule has 1 aliphatic rings. The lowest BCUT2D eigenvalue weighted by Crippen LogP contribution is -2.46. The van der Waals surface area contributed by atoms with Crippen LogP contribution < -0.4 is 0 Å². The number of rotatable bonds is 5. The predicted octanol–water partition coefficient (Wildman–Crippen LogP) is 3.20. The molecule has 3 N–H and O–H groups in total. The van der Waals surface area contributed by atoms with E-state index in [1.807, 2.05) is 0 Å². The minimum absolute atomic E-state index is 0.0664. The highest BCUT2D eigenvalue weighted by Crippen LogP contribution is 2.55. The summed E-state index contributed by atoms with van der Waals surface area (Å²) in [6.45, 7) is 0. The molecule has 134 valence electrons. The van der Waals surface area contributed by atoms with Crippen LogP contribution in [-0.2, 0) is 4.79 Å². The van der Waals surface area contributed by atoms with Gasteiger partial charge < -0.3 is 15.2 Å². The number of hydrogen-bond donors (Lipinski definition) is 3. The fourth-order valence-corrected chi connectivity index (χ4v) is 4.05. The number of halogens is 4. The molecule has 0 radical (unpaired) electrons. The number of benzene rings is 1. The zero-order valence-corrected chi connectivity index (χ0v) is 14.5. The van der Waals surface area contributed by atoms with Crippen LogP contribution >= 0.6 is 15.9 Å². The van der Waals surface area contributed by atoms with E-state index in [9.17, 15) is 28.0 Å². The highest BCUT2D eigenvalue weighted by molar-refractivity contribution is 9.09. The van der Waals surface area contributed by atoms with Crippen LogP contribution in [0.1, 0.15) is 18.4 Å². The topological polar surface area (TPSA) is 77.8 Å². The van der Waals surface area contributed by atoms with E-state index in [1.54, 1.807) is 30.3 Å². The van der Waals surface area contributed by atoms with Gasteiger partial charge in [-0.25, -0.2) is 0 Å². The van der Waals surface area contributed by atoms with E-state index in [2.05, 4.69) is 15.9 Å². The van der Waals surface area contributed by atoms with Crippen LogP contribution in [0, 0.1) is 5.41 Å². The second-order valence-corrected chi connectivity index (χ2v) is 6.65. The summed E-state index contributed by atoms with van der Waals surface area (Å²) in [5.41, 5.74) is -2.08. The number of allylic oxidation sites excluding steroid dienone is 4. The molecule has 1 aromatic rings. The van der Waals surface area contributed by atoms with Crippen molar-refractivity contribution in [2.75, 3.05) is 0 Å². The van der Waals surface area contributed by atoms with Crippen LogP contribution in [0.4, 0.5) is 13.2 Å². The number of aliphatic carboxylic acids is 1. The first-order chi connectivity index (χ1) is 11.6. The minimum Gasteiger partial charge on any atom is -0.481 e. The Hall–Kier alpha value is -1.58. The third kappa shape index (κ3) is 3.83. The van der Waals surface area contributed by atoms with Gasteiger partial charge >= 0.3 is 19.3 Å². The van der Waals surface area contributed by atoms with Gasteiger partial charge in [0, 0.05) is 6.42 Å². The van der Waals surface area contributed by atoms with Crippen molar-refractivity contribution in [3.8, 4) is 0 Å². The van der Waals surface area contributed by atoms with Crippen LogP contribution in [0.25, 0.3) is 5.57 Å². The Morgan fingerprint density at radius 2 is 1.84 bits per heavy atom. The average molecular weight is 419 g/mol. The van der Waals surface area contributed by atoms with Gasteiger partial charge in [-0.05, 0) is 23.0 Å². The molecule has 25 heavy (non-hydrogen) atoms. The van der Waals surface area contributed by atoms with Crippen molar-refractivity contribution in [1.29, 1.82) is 0 Å². The number of hydrogen-bond acceptors (Lipinski definition) is 3. The zero-order chi connectivity index (χ0) is 18.8. The third-order valence-electron chi connectivity index (χ3n) is 4.22. The molecule has 0 saturated carbocycles.